The molecule has 1 aromatic heterocycles. The van der Waals surface area contributed by atoms with E-state index in [0.717, 1.165) is 26.6 Å². The van der Waals surface area contributed by atoms with E-state index in [4.69, 9.17) is 10.2 Å². The molecule has 2 N–H and O–H groups in total. The maximum atomic E-state index is 13.3. The number of benzene rings is 2. The largest absolute Gasteiger partial charge is 0.459 e. The summed E-state index contributed by atoms with van der Waals surface area (Å²) < 4.78 is 20.6. The lowest BCUT2D eigenvalue weighted by Crippen LogP contribution is -2.12. The first-order valence-corrected chi connectivity index (χ1v) is 7.95. The summed E-state index contributed by atoms with van der Waals surface area (Å²) in [6, 6.07) is 10.2. The zero-order chi connectivity index (χ0) is 15.1. The summed E-state index contributed by atoms with van der Waals surface area (Å²) in [5.74, 6) is 0.387. The van der Waals surface area contributed by atoms with E-state index in [9.17, 15) is 4.39 Å². The number of halogens is 3. The van der Waals surface area contributed by atoms with Crippen LogP contribution in [-0.2, 0) is 0 Å². The molecule has 21 heavy (non-hydrogen) atoms. The van der Waals surface area contributed by atoms with Crippen molar-refractivity contribution in [2.24, 2.45) is 5.73 Å². The number of furan rings is 1. The smallest absolute Gasteiger partial charge is 0.137 e. The zero-order valence-corrected chi connectivity index (χ0v) is 14.3. The highest BCUT2D eigenvalue weighted by Gasteiger charge is 2.19. The number of nitrogens with two attached hydrogens (primary N) is 1. The second kappa shape index (κ2) is 5.55. The van der Waals surface area contributed by atoms with Gasteiger partial charge < -0.3 is 10.2 Å². The molecule has 0 spiro atoms. The van der Waals surface area contributed by atoms with E-state index >= 15 is 0 Å². The van der Waals surface area contributed by atoms with Crippen LogP contribution in [0.15, 0.2) is 49.8 Å². The third-order valence-corrected chi connectivity index (χ3v) is 4.62. The minimum Gasteiger partial charge on any atom is -0.459 e. The highest BCUT2D eigenvalue weighted by atomic mass is 79.9. The first-order valence-electron chi connectivity index (χ1n) is 6.36. The Labute approximate surface area is 138 Å². The van der Waals surface area contributed by atoms with Gasteiger partial charge in [-0.2, -0.15) is 0 Å². The third kappa shape index (κ3) is 2.65. The van der Waals surface area contributed by atoms with Crippen LogP contribution in [-0.4, -0.2) is 0 Å². The van der Waals surface area contributed by atoms with Gasteiger partial charge >= 0.3 is 0 Å². The Morgan fingerprint density at radius 1 is 1.14 bits per heavy atom. The van der Waals surface area contributed by atoms with Crippen LogP contribution >= 0.6 is 31.9 Å². The van der Waals surface area contributed by atoms with Crippen molar-refractivity contribution in [2.45, 2.75) is 13.0 Å². The molecule has 2 aromatic carbocycles. The normalized spacial score (nSPS) is 12.8. The van der Waals surface area contributed by atoms with Crippen molar-refractivity contribution < 1.29 is 8.81 Å². The molecular weight excluding hydrogens is 401 g/mol. The van der Waals surface area contributed by atoms with Crippen molar-refractivity contribution >= 4 is 42.8 Å². The van der Waals surface area contributed by atoms with Crippen molar-refractivity contribution in [2.75, 3.05) is 0 Å². The summed E-state index contributed by atoms with van der Waals surface area (Å²) in [6.45, 7) is 1.98. The lowest BCUT2D eigenvalue weighted by atomic mass is 10.0. The first kappa shape index (κ1) is 14.8. The summed E-state index contributed by atoms with van der Waals surface area (Å²) in [7, 11) is 0. The quantitative estimate of drug-likeness (QED) is 0.607. The Morgan fingerprint density at radius 2 is 1.90 bits per heavy atom. The number of hydrogen-bond acceptors (Lipinski definition) is 2. The maximum Gasteiger partial charge on any atom is 0.137 e. The molecule has 3 aromatic rings. The maximum absolute atomic E-state index is 13.3. The van der Waals surface area contributed by atoms with Gasteiger partial charge in [-0.05, 0) is 58.7 Å². The van der Waals surface area contributed by atoms with Gasteiger partial charge in [0.25, 0.3) is 0 Å². The lowest BCUT2D eigenvalue weighted by molar-refractivity contribution is 0.520. The van der Waals surface area contributed by atoms with Crippen molar-refractivity contribution in [3.8, 4) is 0 Å². The van der Waals surface area contributed by atoms with Crippen molar-refractivity contribution in [3.63, 3.8) is 0 Å². The predicted molar refractivity (Wildman–Crippen MR) is 88.8 cm³/mol. The highest BCUT2D eigenvalue weighted by molar-refractivity contribution is 9.10. The minimum atomic E-state index is -0.437. The molecule has 3 rings (SSSR count). The summed E-state index contributed by atoms with van der Waals surface area (Å²) in [5.41, 5.74) is 8.88. The van der Waals surface area contributed by atoms with Crippen LogP contribution in [0.5, 0.6) is 0 Å². The number of aryl methyl sites for hydroxylation is 1. The van der Waals surface area contributed by atoms with E-state index in [1.807, 2.05) is 25.1 Å². The fourth-order valence-corrected chi connectivity index (χ4v) is 3.11. The second-order valence-corrected chi connectivity index (χ2v) is 6.65. The molecule has 0 saturated carbocycles. The highest BCUT2D eigenvalue weighted by Crippen LogP contribution is 2.33. The molecule has 0 aliphatic heterocycles. The van der Waals surface area contributed by atoms with E-state index < -0.39 is 6.04 Å². The fraction of sp³-hybridized carbons (Fsp3) is 0.125. The average molecular weight is 413 g/mol. The predicted octanol–water partition coefficient (Wildman–Crippen LogP) is 5.45. The van der Waals surface area contributed by atoms with Gasteiger partial charge in [0.05, 0.1) is 10.5 Å². The molecular formula is C16H12Br2FNO. The van der Waals surface area contributed by atoms with Crippen LogP contribution in [0.1, 0.15) is 22.9 Å². The molecule has 0 radical (unpaired) electrons. The Kier molecular flexibility index (Phi) is 3.90. The standard InChI is InChI=1S/C16H12Br2FNO/c1-8-11-4-3-10(17)7-14(11)21-16(8)15(20)9-2-5-13(19)12(18)6-9/h2-7,15H,20H2,1H3. The van der Waals surface area contributed by atoms with Gasteiger partial charge in [-0.1, -0.05) is 22.0 Å². The molecule has 1 atom stereocenters. The molecule has 0 amide bonds. The third-order valence-electron chi connectivity index (χ3n) is 3.52. The van der Waals surface area contributed by atoms with Gasteiger partial charge in [0.15, 0.2) is 0 Å². The molecule has 0 bridgehead atoms. The van der Waals surface area contributed by atoms with Crippen molar-refractivity contribution in [1.82, 2.24) is 0 Å². The Morgan fingerprint density at radius 3 is 2.62 bits per heavy atom. The molecule has 1 unspecified atom stereocenters. The van der Waals surface area contributed by atoms with Crippen LogP contribution in [0.3, 0.4) is 0 Å². The Balaban J connectivity index is 2.10. The van der Waals surface area contributed by atoms with Crippen LogP contribution in [0.25, 0.3) is 11.0 Å². The molecule has 5 heteroatoms. The average Bonchev–Trinajstić information content (AvgIpc) is 2.77. The molecule has 0 fully saturated rings. The Hall–Kier alpha value is -1.17. The molecule has 0 saturated heterocycles. The summed E-state index contributed by atoms with van der Waals surface area (Å²) >= 11 is 6.61. The first-order chi connectivity index (χ1) is 9.97. The van der Waals surface area contributed by atoms with E-state index in [1.165, 1.54) is 6.07 Å². The molecule has 0 aliphatic rings. The topological polar surface area (TPSA) is 39.2 Å². The number of rotatable bonds is 2. The zero-order valence-electron chi connectivity index (χ0n) is 11.2. The summed E-state index contributed by atoms with van der Waals surface area (Å²) in [4.78, 5) is 0. The monoisotopic (exact) mass is 411 g/mol. The van der Waals surface area contributed by atoms with Crippen LogP contribution < -0.4 is 5.73 Å². The van der Waals surface area contributed by atoms with Gasteiger partial charge in [-0.3, -0.25) is 0 Å². The van der Waals surface area contributed by atoms with E-state index in [-0.39, 0.29) is 5.82 Å². The van der Waals surface area contributed by atoms with Gasteiger partial charge in [0.2, 0.25) is 0 Å². The van der Waals surface area contributed by atoms with Gasteiger partial charge in [0, 0.05) is 15.4 Å². The lowest BCUT2D eigenvalue weighted by Gasteiger charge is -2.11. The SMILES string of the molecule is Cc1c(C(N)c2ccc(F)c(Br)c2)oc2cc(Br)ccc12. The van der Waals surface area contributed by atoms with Crippen LogP contribution in [0.2, 0.25) is 0 Å². The van der Waals surface area contributed by atoms with Gasteiger partial charge in [0.1, 0.15) is 17.2 Å². The molecule has 0 aliphatic carbocycles. The minimum absolute atomic E-state index is 0.309. The fourth-order valence-electron chi connectivity index (χ4n) is 2.37. The van der Waals surface area contributed by atoms with E-state index in [2.05, 4.69) is 31.9 Å². The Bertz CT molecular complexity index is 829. The molecule has 1 heterocycles. The van der Waals surface area contributed by atoms with Crippen molar-refractivity contribution in [3.05, 3.63) is 68.0 Å². The molecule has 2 nitrogen and oxygen atoms in total. The second-order valence-electron chi connectivity index (χ2n) is 4.88. The van der Waals surface area contributed by atoms with E-state index in [0.29, 0.717) is 10.2 Å². The van der Waals surface area contributed by atoms with E-state index in [1.54, 1.807) is 12.1 Å². The van der Waals surface area contributed by atoms with Gasteiger partial charge in [-0.15, -0.1) is 0 Å². The molecule has 108 valence electrons. The number of fused-ring (bicyclic) bond motifs is 1. The summed E-state index contributed by atoms with van der Waals surface area (Å²) in [5, 5.41) is 1.03. The van der Waals surface area contributed by atoms with Crippen LogP contribution in [0.4, 0.5) is 4.39 Å². The van der Waals surface area contributed by atoms with Gasteiger partial charge in [-0.25, -0.2) is 4.39 Å². The van der Waals surface area contributed by atoms with Crippen LogP contribution in [0, 0.1) is 12.7 Å². The summed E-state index contributed by atoms with van der Waals surface area (Å²) in [6.07, 6.45) is 0. The van der Waals surface area contributed by atoms with Crippen molar-refractivity contribution in [1.29, 1.82) is 0 Å². The number of hydrogen-bond donors (Lipinski definition) is 1.